The molecule has 0 saturated heterocycles. The zero-order valence-electron chi connectivity index (χ0n) is 16.2. The van der Waals surface area contributed by atoms with Gasteiger partial charge < -0.3 is 14.8 Å². The van der Waals surface area contributed by atoms with Crippen molar-refractivity contribution in [1.29, 1.82) is 0 Å². The number of carbonyl (C=O) groups is 3. The number of ether oxygens (including phenoxy) is 2. The van der Waals surface area contributed by atoms with E-state index >= 15 is 0 Å². The van der Waals surface area contributed by atoms with Crippen molar-refractivity contribution in [1.82, 2.24) is 10.6 Å². The first-order valence-corrected chi connectivity index (χ1v) is 9.34. The number of carbonyl (C=O) groups excluding carboxylic acids is 3. The molecule has 7 heteroatoms. The van der Waals surface area contributed by atoms with Crippen LogP contribution in [0.5, 0.6) is 5.75 Å². The molecule has 0 spiro atoms. The highest BCUT2D eigenvalue weighted by Crippen LogP contribution is 2.27. The van der Waals surface area contributed by atoms with Gasteiger partial charge in [-0.25, -0.2) is 9.59 Å². The third-order valence-corrected chi connectivity index (χ3v) is 4.44. The number of nitrogens with one attached hydrogen (secondary N) is 2. The first-order valence-electron chi connectivity index (χ1n) is 9.34. The molecule has 7 nitrogen and oxygen atoms in total. The Morgan fingerprint density at radius 2 is 1.85 bits per heavy atom. The molecule has 1 fully saturated rings. The molecule has 2 rings (SSSR count). The molecule has 0 heterocycles. The fraction of sp³-hybridized carbons (Fsp3) is 0.550. The predicted octanol–water partition coefficient (Wildman–Crippen LogP) is 2.81. The summed E-state index contributed by atoms with van der Waals surface area (Å²) in [5.41, 5.74) is 2.02. The largest absolute Gasteiger partial charge is 0.482 e. The van der Waals surface area contributed by atoms with Crippen LogP contribution in [0.25, 0.3) is 0 Å². The van der Waals surface area contributed by atoms with Crippen molar-refractivity contribution in [3.8, 4) is 5.75 Å². The third kappa shape index (κ3) is 6.92. The van der Waals surface area contributed by atoms with Crippen LogP contribution < -0.4 is 15.4 Å². The minimum atomic E-state index is -0.669. The number of hydrogen-bond donors (Lipinski definition) is 2. The fourth-order valence-electron chi connectivity index (χ4n) is 3.02. The maximum absolute atomic E-state index is 11.8. The number of benzene rings is 1. The van der Waals surface area contributed by atoms with E-state index in [1.54, 1.807) is 0 Å². The lowest BCUT2D eigenvalue weighted by Crippen LogP contribution is -2.45. The molecule has 1 saturated carbocycles. The molecule has 0 aromatic heterocycles. The molecule has 148 valence electrons. The van der Waals surface area contributed by atoms with Crippen LogP contribution in [0.15, 0.2) is 18.2 Å². The number of rotatable bonds is 7. The van der Waals surface area contributed by atoms with Gasteiger partial charge in [0.2, 0.25) is 0 Å². The zero-order chi connectivity index (χ0) is 19.8. The van der Waals surface area contributed by atoms with Crippen LogP contribution in [0, 0.1) is 6.92 Å². The molecule has 1 aromatic rings. The summed E-state index contributed by atoms with van der Waals surface area (Å²) in [7, 11) is 0. The highest BCUT2D eigenvalue weighted by Gasteiger charge is 2.19. The first kappa shape index (κ1) is 20.7. The van der Waals surface area contributed by atoms with Crippen LogP contribution in [0.1, 0.15) is 56.6 Å². The first-order chi connectivity index (χ1) is 12.8. The smallest absolute Gasteiger partial charge is 0.344 e. The van der Waals surface area contributed by atoms with Gasteiger partial charge in [0.25, 0.3) is 5.91 Å². The summed E-state index contributed by atoms with van der Waals surface area (Å²) in [5.74, 6) is -0.460. The number of imide groups is 1. The van der Waals surface area contributed by atoms with Gasteiger partial charge in [0.15, 0.2) is 13.2 Å². The van der Waals surface area contributed by atoms with E-state index in [0.29, 0.717) is 5.75 Å². The monoisotopic (exact) mass is 376 g/mol. The summed E-state index contributed by atoms with van der Waals surface area (Å²) in [4.78, 5) is 35.2. The molecule has 1 aliphatic rings. The fourth-order valence-corrected chi connectivity index (χ4v) is 3.02. The Kier molecular flexibility index (Phi) is 7.64. The summed E-state index contributed by atoms with van der Waals surface area (Å²) in [6, 6.07) is 5.38. The van der Waals surface area contributed by atoms with Gasteiger partial charge in [-0.05, 0) is 42.9 Å². The van der Waals surface area contributed by atoms with E-state index in [-0.39, 0.29) is 18.6 Å². The van der Waals surface area contributed by atoms with Crippen LogP contribution in [0.2, 0.25) is 0 Å². The van der Waals surface area contributed by atoms with Gasteiger partial charge in [0.05, 0.1) is 0 Å². The lowest BCUT2D eigenvalue weighted by atomic mass is 10.0. The van der Waals surface area contributed by atoms with Crippen LogP contribution in [0.3, 0.4) is 0 Å². The van der Waals surface area contributed by atoms with E-state index < -0.39 is 24.5 Å². The van der Waals surface area contributed by atoms with Crippen LogP contribution in [-0.4, -0.2) is 37.2 Å². The Balaban J connectivity index is 1.72. The van der Waals surface area contributed by atoms with Gasteiger partial charge in [-0.3, -0.25) is 10.1 Å². The quantitative estimate of drug-likeness (QED) is 0.714. The second kappa shape index (κ2) is 9.94. The third-order valence-electron chi connectivity index (χ3n) is 4.44. The van der Waals surface area contributed by atoms with Crippen molar-refractivity contribution in [3.05, 3.63) is 29.3 Å². The van der Waals surface area contributed by atoms with Crippen LogP contribution in [-0.2, 0) is 14.3 Å². The molecule has 27 heavy (non-hydrogen) atoms. The molecule has 0 radical (unpaired) electrons. The van der Waals surface area contributed by atoms with Crippen LogP contribution >= 0.6 is 0 Å². The normalized spacial score (nSPS) is 14.1. The molecule has 3 amide bonds. The van der Waals surface area contributed by atoms with Gasteiger partial charge in [0, 0.05) is 6.04 Å². The molecular formula is C20H28N2O5. The van der Waals surface area contributed by atoms with E-state index in [0.717, 1.165) is 36.8 Å². The molecular weight excluding hydrogens is 348 g/mol. The van der Waals surface area contributed by atoms with E-state index in [1.807, 2.05) is 39.0 Å². The Morgan fingerprint density at radius 1 is 1.15 bits per heavy atom. The summed E-state index contributed by atoms with van der Waals surface area (Å²) in [6.07, 6.45) is 4.00. The lowest BCUT2D eigenvalue weighted by Gasteiger charge is -2.14. The topological polar surface area (TPSA) is 93.7 Å². The van der Waals surface area contributed by atoms with Crippen molar-refractivity contribution < 1.29 is 23.9 Å². The van der Waals surface area contributed by atoms with E-state index in [2.05, 4.69) is 10.6 Å². The summed E-state index contributed by atoms with van der Waals surface area (Å²) in [5, 5.41) is 4.89. The number of urea groups is 1. The van der Waals surface area contributed by atoms with Gasteiger partial charge in [-0.1, -0.05) is 38.8 Å². The number of esters is 1. The van der Waals surface area contributed by atoms with Crippen molar-refractivity contribution in [2.75, 3.05) is 13.2 Å². The molecule has 0 aliphatic heterocycles. The second-order valence-electron chi connectivity index (χ2n) is 7.15. The van der Waals surface area contributed by atoms with E-state index in [9.17, 15) is 14.4 Å². The van der Waals surface area contributed by atoms with Gasteiger partial charge >= 0.3 is 12.0 Å². The number of amides is 3. The minimum Gasteiger partial charge on any atom is -0.482 e. The summed E-state index contributed by atoms with van der Waals surface area (Å²) >= 11 is 0. The molecule has 1 aromatic carbocycles. The van der Waals surface area contributed by atoms with Crippen molar-refractivity contribution in [2.24, 2.45) is 0 Å². The van der Waals surface area contributed by atoms with E-state index in [1.165, 1.54) is 0 Å². The molecule has 0 atom stereocenters. The number of aryl methyl sites for hydroxylation is 1. The molecule has 0 unspecified atom stereocenters. The standard InChI is InChI=1S/C20H28N2O5/c1-13(2)16-9-8-14(3)10-17(16)26-12-19(24)27-11-18(23)22-20(25)21-15-6-4-5-7-15/h8-10,13,15H,4-7,11-12H2,1-3H3,(H2,21,22,23,25). The summed E-state index contributed by atoms with van der Waals surface area (Å²) < 4.78 is 10.4. The average Bonchev–Trinajstić information content (AvgIpc) is 3.10. The van der Waals surface area contributed by atoms with Crippen LogP contribution in [0.4, 0.5) is 4.79 Å². The number of hydrogen-bond acceptors (Lipinski definition) is 5. The Hall–Kier alpha value is -2.57. The lowest BCUT2D eigenvalue weighted by molar-refractivity contribution is -0.150. The van der Waals surface area contributed by atoms with Gasteiger partial charge in [-0.2, -0.15) is 0 Å². The van der Waals surface area contributed by atoms with Crippen molar-refractivity contribution >= 4 is 17.9 Å². The Morgan fingerprint density at radius 3 is 2.52 bits per heavy atom. The average molecular weight is 376 g/mol. The second-order valence-corrected chi connectivity index (χ2v) is 7.15. The highest BCUT2D eigenvalue weighted by molar-refractivity contribution is 5.95. The summed E-state index contributed by atoms with van der Waals surface area (Å²) in [6.45, 7) is 5.19. The van der Waals surface area contributed by atoms with Crippen molar-refractivity contribution in [3.63, 3.8) is 0 Å². The maximum atomic E-state index is 11.8. The Labute approximate surface area is 159 Å². The van der Waals surface area contributed by atoms with E-state index in [4.69, 9.17) is 9.47 Å². The molecule has 0 bridgehead atoms. The maximum Gasteiger partial charge on any atom is 0.344 e. The van der Waals surface area contributed by atoms with Gasteiger partial charge in [-0.15, -0.1) is 0 Å². The molecule has 2 N–H and O–H groups in total. The zero-order valence-corrected chi connectivity index (χ0v) is 16.2. The highest BCUT2D eigenvalue weighted by atomic mass is 16.6. The van der Waals surface area contributed by atoms with Crippen molar-refractivity contribution in [2.45, 2.75) is 58.4 Å². The molecule has 1 aliphatic carbocycles. The predicted molar refractivity (Wildman–Crippen MR) is 101 cm³/mol. The minimum absolute atomic E-state index is 0.109. The Bertz CT molecular complexity index is 681. The van der Waals surface area contributed by atoms with Gasteiger partial charge in [0.1, 0.15) is 5.75 Å². The SMILES string of the molecule is Cc1ccc(C(C)C)c(OCC(=O)OCC(=O)NC(=O)NC2CCCC2)c1.